The molecule has 1 heterocycles. The van der Waals surface area contributed by atoms with Gasteiger partial charge in [0, 0.05) is 11.9 Å². The Labute approximate surface area is 148 Å². The zero-order valence-electron chi connectivity index (χ0n) is 14.7. The number of benzene rings is 2. The van der Waals surface area contributed by atoms with Crippen LogP contribution in [0.4, 0.5) is 5.69 Å². The van der Waals surface area contributed by atoms with Crippen molar-refractivity contribution in [3.63, 3.8) is 0 Å². The first-order valence-electron chi connectivity index (χ1n) is 8.34. The molecule has 1 aliphatic rings. The molecule has 3 rings (SSSR count). The van der Waals surface area contributed by atoms with E-state index < -0.39 is 0 Å². The lowest BCUT2D eigenvalue weighted by Crippen LogP contribution is -2.14. The van der Waals surface area contributed by atoms with Crippen molar-refractivity contribution in [1.82, 2.24) is 5.32 Å². The maximum atomic E-state index is 12.0. The van der Waals surface area contributed by atoms with E-state index in [0.29, 0.717) is 6.42 Å². The van der Waals surface area contributed by atoms with Crippen molar-refractivity contribution < 1.29 is 4.79 Å². The first-order chi connectivity index (χ1) is 12.2. The number of carbonyl (C=O) groups excluding carboxylic acids is 1. The average molecular weight is 336 g/mol. The van der Waals surface area contributed by atoms with Gasteiger partial charge in [0.2, 0.25) is 5.91 Å². The van der Waals surface area contributed by atoms with Crippen LogP contribution in [0.3, 0.4) is 0 Å². The molecule has 0 saturated carbocycles. The lowest BCUT2D eigenvalue weighted by molar-refractivity contribution is -0.115. The van der Waals surface area contributed by atoms with Crippen LogP contribution in [0.1, 0.15) is 24.0 Å². The minimum Gasteiger partial charge on any atom is -0.326 e. The third kappa shape index (κ3) is 6.31. The zero-order valence-corrected chi connectivity index (χ0v) is 14.7. The van der Waals surface area contributed by atoms with E-state index >= 15 is 0 Å². The smallest absolute Gasteiger partial charge is 0.228 e. The Bertz CT molecular complexity index is 721. The van der Waals surface area contributed by atoms with E-state index in [1.807, 2.05) is 74.9 Å². The topological polar surface area (TPSA) is 65.8 Å². The molecule has 1 aliphatic heterocycles. The second-order valence-corrected chi connectivity index (χ2v) is 5.67. The molecule has 0 radical (unpaired) electrons. The summed E-state index contributed by atoms with van der Waals surface area (Å²) < 4.78 is 0. The van der Waals surface area contributed by atoms with Gasteiger partial charge in [-0.25, -0.2) is 0 Å². The SMILES string of the molecule is CNC.O=C(Cc1ccccc1)Nc1ccc(C2=NN=CCC2)cc1. The van der Waals surface area contributed by atoms with Gasteiger partial charge in [-0.2, -0.15) is 10.2 Å². The highest BCUT2D eigenvalue weighted by Gasteiger charge is 2.07. The number of anilines is 1. The zero-order chi connectivity index (χ0) is 17.9. The minimum absolute atomic E-state index is 0.0152. The molecule has 1 amide bonds. The highest BCUT2D eigenvalue weighted by Crippen LogP contribution is 2.14. The Morgan fingerprint density at radius 3 is 2.32 bits per heavy atom. The lowest BCUT2D eigenvalue weighted by atomic mass is 10.1. The minimum atomic E-state index is -0.0152. The number of nitrogens with one attached hydrogen (secondary N) is 2. The van der Waals surface area contributed by atoms with Gasteiger partial charge in [-0.05, 0) is 50.2 Å². The van der Waals surface area contributed by atoms with Crippen molar-refractivity contribution in [2.45, 2.75) is 19.3 Å². The Hall–Kier alpha value is -2.79. The van der Waals surface area contributed by atoms with Crippen LogP contribution in [0.2, 0.25) is 0 Å². The van der Waals surface area contributed by atoms with E-state index in [1.54, 1.807) is 0 Å². The van der Waals surface area contributed by atoms with Gasteiger partial charge >= 0.3 is 0 Å². The van der Waals surface area contributed by atoms with E-state index in [2.05, 4.69) is 20.8 Å². The van der Waals surface area contributed by atoms with E-state index in [9.17, 15) is 4.79 Å². The standard InChI is InChI=1S/C18H17N3O.C2H7N/c22-18(13-14-5-2-1-3-6-14)20-16-10-8-15(9-11-16)17-7-4-12-19-21-17;1-3-2/h1-3,5-6,8-12H,4,7,13H2,(H,20,22);3H,1-2H3. The monoisotopic (exact) mass is 336 g/mol. The number of hydrogen-bond donors (Lipinski definition) is 2. The van der Waals surface area contributed by atoms with Gasteiger partial charge in [-0.3, -0.25) is 4.79 Å². The third-order valence-electron chi connectivity index (χ3n) is 3.48. The summed E-state index contributed by atoms with van der Waals surface area (Å²) in [6, 6.07) is 17.5. The largest absolute Gasteiger partial charge is 0.326 e. The molecule has 2 aromatic carbocycles. The molecular weight excluding hydrogens is 312 g/mol. The predicted molar refractivity (Wildman–Crippen MR) is 104 cm³/mol. The molecule has 0 atom stereocenters. The summed E-state index contributed by atoms with van der Waals surface area (Å²) in [7, 11) is 3.75. The third-order valence-corrected chi connectivity index (χ3v) is 3.48. The molecular formula is C20H24N4O. The van der Waals surface area contributed by atoms with Gasteiger partial charge in [0.15, 0.2) is 0 Å². The summed E-state index contributed by atoms with van der Waals surface area (Å²) in [6.45, 7) is 0. The molecule has 0 aliphatic carbocycles. The second-order valence-electron chi connectivity index (χ2n) is 5.67. The van der Waals surface area contributed by atoms with Gasteiger partial charge < -0.3 is 10.6 Å². The molecule has 0 bridgehead atoms. The predicted octanol–water partition coefficient (Wildman–Crippen LogP) is 3.27. The van der Waals surface area contributed by atoms with Crippen molar-refractivity contribution in [2.24, 2.45) is 10.2 Å². The number of hydrogen-bond acceptors (Lipinski definition) is 4. The van der Waals surface area contributed by atoms with Gasteiger partial charge in [0.25, 0.3) is 0 Å². The molecule has 2 N–H and O–H groups in total. The molecule has 0 aromatic heterocycles. The number of amides is 1. The lowest BCUT2D eigenvalue weighted by Gasteiger charge is -2.09. The van der Waals surface area contributed by atoms with Crippen LogP contribution in [0.25, 0.3) is 0 Å². The second kappa shape index (κ2) is 10.2. The van der Waals surface area contributed by atoms with Crippen LogP contribution >= 0.6 is 0 Å². The highest BCUT2D eigenvalue weighted by molar-refractivity contribution is 6.03. The Morgan fingerprint density at radius 1 is 1.04 bits per heavy atom. The van der Waals surface area contributed by atoms with Crippen molar-refractivity contribution in [1.29, 1.82) is 0 Å². The fraction of sp³-hybridized carbons (Fsp3) is 0.250. The van der Waals surface area contributed by atoms with Crippen molar-refractivity contribution in [3.05, 3.63) is 65.7 Å². The summed E-state index contributed by atoms with van der Waals surface area (Å²) in [5.74, 6) is -0.0152. The highest BCUT2D eigenvalue weighted by atomic mass is 16.1. The first-order valence-corrected chi connectivity index (χ1v) is 8.34. The Morgan fingerprint density at radius 2 is 1.72 bits per heavy atom. The van der Waals surface area contributed by atoms with E-state index in [1.165, 1.54) is 0 Å². The molecule has 5 heteroatoms. The fourth-order valence-corrected chi connectivity index (χ4v) is 2.35. The fourth-order valence-electron chi connectivity index (χ4n) is 2.35. The van der Waals surface area contributed by atoms with Crippen LogP contribution in [-0.4, -0.2) is 31.9 Å². The van der Waals surface area contributed by atoms with Crippen LogP contribution in [0, 0.1) is 0 Å². The van der Waals surface area contributed by atoms with Crippen LogP contribution in [-0.2, 0) is 11.2 Å². The number of nitrogens with zero attached hydrogens (tertiary/aromatic N) is 2. The molecule has 130 valence electrons. The summed E-state index contributed by atoms with van der Waals surface area (Å²) in [4.78, 5) is 12.0. The first kappa shape index (κ1) is 18.5. The average Bonchev–Trinajstić information content (AvgIpc) is 2.64. The quantitative estimate of drug-likeness (QED) is 0.900. The molecule has 5 nitrogen and oxygen atoms in total. The van der Waals surface area contributed by atoms with Crippen LogP contribution in [0.15, 0.2) is 64.8 Å². The summed E-state index contributed by atoms with van der Waals surface area (Å²) in [5.41, 5.74) is 3.85. The Kier molecular flexibility index (Phi) is 7.53. The molecule has 0 unspecified atom stereocenters. The summed E-state index contributed by atoms with van der Waals surface area (Å²) in [6.07, 6.45) is 4.03. The maximum Gasteiger partial charge on any atom is 0.228 e. The Balaban J connectivity index is 0.000000701. The normalized spacial score (nSPS) is 12.6. The molecule has 25 heavy (non-hydrogen) atoms. The number of carbonyl (C=O) groups is 1. The molecule has 0 fully saturated rings. The maximum absolute atomic E-state index is 12.0. The van der Waals surface area contributed by atoms with Gasteiger partial charge in [0.05, 0.1) is 12.1 Å². The molecule has 2 aromatic rings. The van der Waals surface area contributed by atoms with Crippen LogP contribution in [0.5, 0.6) is 0 Å². The van der Waals surface area contributed by atoms with Gasteiger partial charge in [-0.1, -0.05) is 42.5 Å². The summed E-state index contributed by atoms with van der Waals surface area (Å²) >= 11 is 0. The van der Waals surface area contributed by atoms with Crippen molar-refractivity contribution >= 4 is 23.5 Å². The van der Waals surface area contributed by atoms with E-state index in [4.69, 9.17) is 0 Å². The van der Waals surface area contributed by atoms with Crippen molar-refractivity contribution in [3.8, 4) is 0 Å². The molecule has 0 saturated heterocycles. The van der Waals surface area contributed by atoms with Crippen LogP contribution < -0.4 is 10.6 Å². The van der Waals surface area contributed by atoms with E-state index in [0.717, 1.165) is 35.4 Å². The van der Waals surface area contributed by atoms with E-state index in [-0.39, 0.29) is 5.91 Å². The summed E-state index contributed by atoms with van der Waals surface area (Å²) in [5, 5.41) is 13.8. The van der Waals surface area contributed by atoms with Gasteiger partial charge in [-0.15, -0.1) is 0 Å². The molecule has 0 spiro atoms. The van der Waals surface area contributed by atoms with Gasteiger partial charge in [0.1, 0.15) is 0 Å². The number of rotatable bonds is 4. The van der Waals surface area contributed by atoms with Crippen molar-refractivity contribution in [2.75, 3.05) is 19.4 Å².